The molecule has 0 spiro atoms. The molecule has 0 saturated heterocycles. The number of nitro benzene ring substituents is 1. The zero-order valence-corrected chi connectivity index (χ0v) is 9.70. The highest BCUT2D eigenvalue weighted by molar-refractivity contribution is 5.51. The lowest BCUT2D eigenvalue weighted by molar-refractivity contribution is -0.386. The van der Waals surface area contributed by atoms with E-state index in [-0.39, 0.29) is 16.9 Å². The predicted molar refractivity (Wildman–Crippen MR) is 58.3 cm³/mol. The quantitative estimate of drug-likeness (QED) is 0.576. The van der Waals surface area contributed by atoms with Gasteiger partial charge in [-0.15, -0.1) is 0 Å². The van der Waals surface area contributed by atoms with Crippen LogP contribution in [-0.2, 0) is 5.41 Å². The van der Waals surface area contributed by atoms with Gasteiger partial charge in [0.25, 0.3) is 0 Å². The summed E-state index contributed by atoms with van der Waals surface area (Å²) >= 11 is 0. The van der Waals surface area contributed by atoms with Crippen LogP contribution in [0.5, 0.6) is 5.75 Å². The second-order valence-electron chi connectivity index (χ2n) is 4.52. The van der Waals surface area contributed by atoms with Crippen LogP contribution in [-0.4, -0.2) is 12.0 Å². The van der Waals surface area contributed by atoms with E-state index < -0.39 is 10.7 Å². The van der Waals surface area contributed by atoms with Gasteiger partial charge in [-0.25, -0.2) is 4.39 Å². The van der Waals surface area contributed by atoms with Crippen LogP contribution in [0, 0.1) is 15.9 Å². The molecule has 0 amide bonds. The summed E-state index contributed by atoms with van der Waals surface area (Å²) in [5.74, 6) is -1.03. The van der Waals surface area contributed by atoms with Gasteiger partial charge in [-0.05, 0) is 17.0 Å². The lowest BCUT2D eigenvalue weighted by Crippen LogP contribution is -2.12. The number of ether oxygens (including phenoxy) is 1. The summed E-state index contributed by atoms with van der Waals surface area (Å²) < 4.78 is 18.3. The van der Waals surface area contributed by atoms with E-state index in [9.17, 15) is 14.5 Å². The van der Waals surface area contributed by atoms with E-state index in [0.717, 1.165) is 0 Å². The van der Waals surface area contributed by atoms with Crippen molar-refractivity contribution in [3.8, 4) is 5.75 Å². The number of hydrogen-bond donors (Lipinski definition) is 0. The number of halogens is 1. The minimum absolute atomic E-state index is 0.321. The van der Waals surface area contributed by atoms with E-state index in [1.807, 2.05) is 20.8 Å². The molecule has 0 radical (unpaired) electrons. The van der Waals surface area contributed by atoms with Crippen molar-refractivity contribution in [1.29, 1.82) is 0 Å². The van der Waals surface area contributed by atoms with Crippen molar-refractivity contribution in [3.05, 3.63) is 33.6 Å². The van der Waals surface area contributed by atoms with Crippen molar-refractivity contribution in [3.63, 3.8) is 0 Å². The Hall–Kier alpha value is -1.65. The van der Waals surface area contributed by atoms with Gasteiger partial charge in [0, 0.05) is 6.07 Å². The lowest BCUT2D eigenvalue weighted by Gasteiger charge is -2.19. The molecule has 0 fully saturated rings. The average Bonchev–Trinajstić information content (AvgIpc) is 2.14. The second kappa shape index (κ2) is 4.08. The Morgan fingerprint density at radius 1 is 1.38 bits per heavy atom. The van der Waals surface area contributed by atoms with Gasteiger partial charge in [0.2, 0.25) is 5.75 Å². The Kier molecular flexibility index (Phi) is 3.16. The molecule has 5 heteroatoms. The molecule has 0 heterocycles. The number of nitro groups is 1. The normalized spacial score (nSPS) is 11.3. The fourth-order valence-electron chi connectivity index (χ4n) is 1.35. The highest BCUT2D eigenvalue weighted by Gasteiger charge is 2.25. The molecule has 0 aliphatic carbocycles. The highest BCUT2D eigenvalue weighted by Crippen LogP contribution is 2.35. The maximum atomic E-state index is 13.6. The SMILES string of the molecule is COc1c(F)cc(C(C)(C)C)cc1[N+](=O)[O-]. The van der Waals surface area contributed by atoms with E-state index in [4.69, 9.17) is 0 Å². The number of methoxy groups -OCH3 is 1. The van der Waals surface area contributed by atoms with Gasteiger partial charge in [0.05, 0.1) is 12.0 Å². The van der Waals surface area contributed by atoms with Gasteiger partial charge in [-0.2, -0.15) is 0 Å². The first-order chi connectivity index (χ1) is 7.27. The number of benzene rings is 1. The van der Waals surface area contributed by atoms with Crippen molar-refractivity contribution in [2.45, 2.75) is 26.2 Å². The molecule has 1 aromatic carbocycles. The molecule has 1 rings (SSSR count). The summed E-state index contributed by atoms with van der Waals surface area (Å²) in [5, 5.41) is 10.8. The average molecular weight is 227 g/mol. The summed E-state index contributed by atoms with van der Waals surface area (Å²) in [5.41, 5.74) is -0.123. The van der Waals surface area contributed by atoms with E-state index in [0.29, 0.717) is 5.56 Å². The fourth-order valence-corrected chi connectivity index (χ4v) is 1.35. The molecule has 0 N–H and O–H groups in total. The van der Waals surface area contributed by atoms with Gasteiger partial charge >= 0.3 is 5.69 Å². The second-order valence-corrected chi connectivity index (χ2v) is 4.52. The Bertz CT molecular complexity index is 424. The van der Waals surface area contributed by atoms with Crippen LogP contribution in [0.4, 0.5) is 10.1 Å². The van der Waals surface area contributed by atoms with E-state index >= 15 is 0 Å². The third-order valence-electron chi connectivity index (χ3n) is 2.29. The lowest BCUT2D eigenvalue weighted by atomic mass is 9.86. The summed E-state index contributed by atoms with van der Waals surface area (Å²) in [6.07, 6.45) is 0. The molecule has 4 nitrogen and oxygen atoms in total. The molecule has 0 unspecified atom stereocenters. The molecule has 1 aromatic rings. The highest BCUT2D eigenvalue weighted by atomic mass is 19.1. The van der Waals surface area contributed by atoms with Gasteiger partial charge in [-0.1, -0.05) is 20.8 Å². The number of nitrogens with zero attached hydrogens (tertiary/aromatic N) is 1. The minimum atomic E-state index is -0.707. The standard InChI is InChI=1S/C11H14FNO3/c1-11(2,3)7-5-8(12)10(16-4)9(6-7)13(14)15/h5-6H,1-4H3. The van der Waals surface area contributed by atoms with Crippen molar-refractivity contribution < 1.29 is 14.1 Å². The Morgan fingerprint density at radius 2 is 1.94 bits per heavy atom. The van der Waals surface area contributed by atoms with E-state index in [2.05, 4.69) is 4.74 Å². The van der Waals surface area contributed by atoms with Gasteiger partial charge in [0.1, 0.15) is 0 Å². The monoisotopic (exact) mass is 227 g/mol. The number of hydrogen-bond acceptors (Lipinski definition) is 3. The first-order valence-electron chi connectivity index (χ1n) is 4.79. The Labute approximate surface area is 93.2 Å². The van der Waals surface area contributed by atoms with E-state index in [1.165, 1.54) is 19.2 Å². The number of rotatable bonds is 2. The predicted octanol–water partition coefficient (Wildman–Crippen LogP) is 3.04. The topological polar surface area (TPSA) is 52.4 Å². The Morgan fingerprint density at radius 3 is 2.31 bits per heavy atom. The summed E-state index contributed by atoms with van der Waals surface area (Å²) in [6.45, 7) is 5.58. The van der Waals surface area contributed by atoms with E-state index in [1.54, 1.807) is 0 Å². The van der Waals surface area contributed by atoms with Crippen LogP contribution in [0.3, 0.4) is 0 Å². The maximum absolute atomic E-state index is 13.6. The molecule has 0 aliphatic heterocycles. The van der Waals surface area contributed by atoms with Crippen molar-refractivity contribution in [1.82, 2.24) is 0 Å². The first-order valence-corrected chi connectivity index (χ1v) is 4.79. The fraction of sp³-hybridized carbons (Fsp3) is 0.455. The van der Waals surface area contributed by atoms with Crippen molar-refractivity contribution in [2.24, 2.45) is 0 Å². The molecule has 0 atom stereocenters. The van der Waals surface area contributed by atoms with Crippen molar-refractivity contribution in [2.75, 3.05) is 7.11 Å². The maximum Gasteiger partial charge on any atom is 0.314 e. The van der Waals surface area contributed by atoms with Gasteiger partial charge in [-0.3, -0.25) is 10.1 Å². The van der Waals surface area contributed by atoms with Crippen LogP contribution >= 0.6 is 0 Å². The van der Waals surface area contributed by atoms with Crippen LogP contribution in [0.25, 0.3) is 0 Å². The van der Waals surface area contributed by atoms with Crippen LogP contribution < -0.4 is 4.74 Å². The molecular weight excluding hydrogens is 213 g/mol. The summed E-state index contributed by atoms with van der Waals surface area (Å²) in [7, 11) is 1.21. The summed E-state index contributed by atoms with van der Waals surface area (Å²) in [4.78, 5) is 10.1. The Balaban J connectivity index is 3.46. The van der Waals surface area contributed by atoms with Gasteiger partial charge in [0.15, 0.2) is 5.82 Å². The molecule has 88 valence electrons. The largest absolute Gasteiger partial charge is 0.488 e. The molecule has 0 aromatic heterocycles. The molecule has 0 bridgehead atoms. The van der Waals surface area contributed by atoms with Crippen LogP contribution in [0.15, 0.2) is 12.1 Å². The summed E-state index contributed by atoms with van der Waals surface area (Å²) in [6, 6.07) is 2.62. The van der Waals surface area contributed by atoms with Crippen LogP contribution in [0.1, 0.15) is 26.3 Å². The van der Waals surface area contributed by atoms with Crippen LogP contribution in [0.2, 0.25) is 0 Å². The molecule has 0 saturated carbocycles. The smallest absolute Gasteiger partial charge is 0.314 e. The zero-order valence-electron chi connectivity index (χ0n) is 9.70. The third-order valence-corrected chi connectivity index (χ3v) is 2.29. The molecular formula is C11H14FNO3. The first kappa shape index (κ1) is 12.4. The zero-order chi connectivity index (χ0) is 12.5. The molecule has 16 heavy (non-hydrogen) atoms. The van der Waals surface area contributed by atoms with Crippen molar-refractivity contribution >= 4 is 5.69 Å². The third kappa shape index (κ3) is 2.29. The van der Waals surface area contributed by atoms with Gasteiger partial charge < -0.3 is 4.74 Å². The minimum Gasteiger partial charge on any atom is -0.488 e. The molecule has 0 aliphatic rings.